The van der Waals surface area contributed by atoms with Crippen LogP contribution in [0.4, 0.5) is 17.1 Å². The molecule has 0 amide bonds. The molecule has 4 aromatic rings. The molecule has 0 aliphatic carbocycles. The minimum atomic E-state index is 0.318. The van der Waals surface area contributed by atoms with E-state index in [1.54, 1.807) is 0 Å². The molecule has 2 radical (unpaired) electrons. The molecule has 0 N–H and O–H groups in total. The first kappa shape index (κ1) is 16.2. The molecule has 2 heterocycles. The number of furan rings is 1. The summed E-state index contributed by atoms with van der Waals surface area (Å²) in [6.45, 7) is 11.0. The van der Waals surface area contributed by atoms with Crippen molar-refractivity contribution in [3.63, 3.8) is 0 Å². The predicted octanol–water partition coefficient (Wildman–Crippen LogP) is 6.58. The molecule has 0 atom stereocenters. The molecular weight excluding hydrogens is 332 g/mol. The molecule has 0 unspecified atom stereocenters. The maximum absolute atomic E-state index is 6.33. The summed E-state index contributed by atoms with van der Waals surface area (Å²) >= 11 is 0. The van der Waals surface area contributed by atoms with Crippen LogP contribution in [0.15, 0.2) is 65.1 Å². The molecule has 0 saturated heterocycles. The zero-order valence-electron chi connectivity index (χ0n) is 15.9. The number of para-hydroxylation sites is 3. The van der Waals surface area contributed by atoms with Gasteiger partial charge < -0.3 is 14.2 Å². The summed E-state index contributed by atoms with van der Waals surface area (Å²) in [5, 5.41) is 2.28. The smallest absolute Gasteiger partial charge is 0.161 e. The standard InChI is InChI=1S/C24H22N2O/c1-15(2)25-17(4)26(21-11-7-6-10-20(21)25)23-16(3)13-14-19-18-9-5-8-12-22(18)27-24(19)23/h5-15H,4H2,1-3H3. The van der Waals surface area contributed by atoms with Gasteiger partial charge in [0.05, 0.1) is 17.1 Å². The van der Waals surface area contributed by atoms with Crippen molar-refractivity contribution in [3.05, 3.63) is 79.3 Å². The molecule has 27 heavy (non-hydrogen) atoms. The number of hydrogen-bond acceptors (Lipinski definition) is 3. The van der Waals surface area contributed by atoms with E-state index in [1.807, 2.05) is 12.1 Å². The quantitative estimate of drug-likeness (QED) is 0.405. The van der Waals surface area contributed by atoms with Gasteiger partial charge in [0.2, 0.25) is 0 Å². The molecule has 3 aromatic carbocycles. The van der Waals surface area contributed by atoms with Gasteiger partial charge in [-0.3, -0.25) is 0 Å². The Labute approximate surface area is 159 Å². The van der Waals surface area contributed by atoms with Gasteiger partial charge in [-0.25, -0.2) is 0 Å². The average Bonchev–Trinajstić information content (AvgIpc) is 3.17. The van der Waals surface area contributed by atoms with Crippen molar-refractivity contribution in [1.82, 2.24) is 0 Å². The summed E-state index contributed by atoms with van der Waals surface area (Å²) in [7, 11) is 0. The van der Waals surface area contributed by atoms with Gasteiger partial charge in [-0.05, 0) is 51.5 Å². The fourth-order valence-electron chi connectivity index (χ4n) is 4.22. The lowest BCUT2D eigenvalue weighted by Crippen LogP contribution is -2.36. The molecule has 0 spiro atoms. The van der Waals surface area contributed by atoms with E-state index in [-0.39, 0.29) is 0 Å². The molecule has 134 valence electrons. The number of fused-ring (bicyclic) bond motifs is 4. The molecule has 0 bridgehead atoms. The Morgan fingerprint density at radius 3 is 2.33 bits per heavy atom. The van der Waals surface area contributed by atoms with Crippen molar-refractivity contribution >= 4 is 39.0 Å². The van der Waals surface area contributed by atoms with Crippen LogP contribution in [0.5, 0.6) is 0 Å². The number of nitrogens with zero attached hydrogens (tertiary/aromatic N) is 2. The zero-order valence-corrected chi connectivity index (χ0v) is 15.9. The number of benzene rings is 3. The highest BCUT2D eigenvalue weighted by atomic mass is 16.3. The maximum Gasteiger partial charge on any atom is 0.161 e. The van der Waals surface area contributed by atoms with E-state index in [9.17, 15) is 0 Å². The first-order valence-electron chi connectivity index (χ1n) is 9.36. The summed E-state index contributed by atoms with van der Waals surface area (Å²) in [4.78, 5) is 4.53. The maximum atomic E-state index is 6.33. The summed E-state index contributed by atoms with van der Waals surface area (Å²) in [5.74, 6) is 0. The summed E-state index contributed by atoms with van der Waals surface area (Å²) in [6.07, 6.45) is 0.960. The minimum Gasteiger partial charge on any atom is -0.454 e. The second-order valence-electron chi connectivity index (χ2n) is 7.41. The van der Waals surface area contributed by atoms with Gasteiger partial charge >= 0.3 is 0 Å². The highest BCUT2D eigenvalue weighted by molar-refractivity contribution is 6.11. The molecule has 5 rings (SSSR count). The summed E-state index contributed by atoms with van der Waals surface area (Å²) < 4.78 is 6.33. The lowest BCUT2D eigenvalue weighted by molar-refractivity contribution is 0.666. The van der Waals surface area contributed by atoms with Crippen molar-refractivity contribution in [2.75, 3.05) is 9.80 Å². The van der Waals surface area contributed by atoms with E-state index < -0.39 is 0 Å². The minimum absolute atomic E-state index is 0.318. The van der Waals surface area contributed by atoms with E-state index in [1.165, 1.54) is 11.3 Å². The summed E-state index contributed by atoms with van der Waals surface area (Å²) in [6, 6.07) is 21.4. The predicted molar refractivity (Wildman–Crippen MR) is 113 cm³/mol. The topological polar surface area (TPSA) is 19.6 Å². The Kier molecular flexibility index (Phi) is 3.48. The Bertz CT molecular complexity index is 1160. The van der Waals surface area contributed by atoms with Gasteiger partial charge in [-0.2, -0.15) is 0 Å². The van der Waals surface area contributed by atoms with E-state index in [0.29, 0.717) is 6.04 Å². The number of rotatable bonds is 2. The third-order valence-electron chi connectivity index (χ3n) is 5.38. The van der Waals surface area contributed by atoms with Crippen molar-refractivity contribution < 1.29 is 4.42 Å². The van der Waals surface area contributed by atoms with E-state index in [4.69, 9.17) is 4.42 Å². The molecule has 1 aromatic heterocycles. The van der Waals surface area contributed by atoms with Crippen molar-refractivity contribution in [2.24, 2.45) is 0 Å². The van der Waals surface area contributed by atoms with Crippen molar-refractivity contribution in [1.29, 1.82) is 0 Å². The SMILES string of the molecule is [CH2][C]1N(c2c(C)ccc3c2oc2ccccc23)c2ccccc2N1C(C)C. The fourth-order valence-corrected chi connectivity index (χ4v) is 4.22. The van der Waals surface area contributed by atoms with E-state index in [2.05, 4.69) is 86.0 Å². The van der Waals surface area contributed by atoms with Crippen LogP contribution in [-0.4, -0.2) is 6.04 Å². The van der Waals surface area contributed by atoms with Crippen molar-refractivity contribution in [3.8, 4) is 0 Å². The van der Waals surface area contributed by atoms with Gasteiger partial charge in [0.1, 0.15) is 5.58 Å². The lowest BCUT2D eigenvalue weighted by atomic mass is 10.1. The van der Waals surface area contributed by atoms with Crippen molar-refractivity contribution in [2.45, 2.75) is 26.8 Å². The van der Waals surface area contributed by atoms with Crippen LogP contribution < -0.4 is 9.80 Å². The third kappa shape index (κ3) is 2.21. The van der Waals surface area contributed by atoms with Gasteiger partial charge in [0.15, 0.2) is 11.7 Å². The largest absolute Gasteiger partial charge is 0.454 e. The van der Waals surface area contributed by atoms with Gasteiger partial charge in [-0.1, -0.05) is 42.5 Å². The molecule has 1 aliphatic heterocycles. The highest BCUT2D eigenvalue weighted by Gasteiger charge is 2.38. The third-order valence-corrected chi connectivity index (χ3v) is 5.38. The van der Waals surface area contributed by atoms with Crippen LogP contribution in [0.2, 0.25) is 0 Å². The number of anilines is 3. The Morgan fingerprint density at radius 1 is 0.852 bits per heavy atom. The highest BCUT2D eigenvalue weighted by Crippen LogP contribution is 2.51. The Balaban J connectivity index is 1.82. The van der Waals surface area contributed by atoms with Crippen LogP contribution in [0, 0.1) is 20.0 Å². The second kappa shape index (κ2) is 5.78. The monoisotopic (exact) mass is 354 g/mol. The molecule has 3 nitrogen and oxygen atoms in total. The Morgan fingerprint density at radius 2 is 1.56 bits per heavy atom. The zero-order chi connectivity index (χ0) is 18.7. The second-order valence-corrected chi connectivity index (χ2v) is 7.41. The number of aryl methyl sites for hydroxylation is 1. The van der Waals surface area contributed by atoms with E-state index in [0.717, 1.165) is 39.5 Å². The van der Waals surface area contributed by atoms with Crippen LogP contribution in [-0.2, 0) is 0 Å². The summed E-state index contributed by atoms with van der Waals surface area (Å²) in [5.41, 5.74) is 6.40. The average molecular weight is 354 g/mol. The first-order chi connectivity index (χ1) is 13.1. The van der Waals surface area contributed by atoms with Crippen LogP contribution in [0.3, 0.4) is 0 Å². The molecule has 0 fully saturated rings. The first-order valence-corrected chi connectivity index (χ1v) is 9.36. The van der Waals surface area contributed by atoms with E-state index >= 15 is 0 Å². The van der Waals surface area contributed by atoms with Crippen LogP contribution >= 0.6 is 0 Å². The lowest BCUT2D eigenvalue weighted by Gasteiger charge is -2.32. The number of hydrogen-bond donors (Lipinski definition) is 0. The normalized spacial score (nSPS) is 14.7. The molecule has 0 saturated carbocycles. The van der Waals surface area contributed by atoms with Crippen LogP contribution in [0.1, 0.15) is 19.4 Å². The van der Waals surface area contributed by atoms with Crippen LogP contribution in [0.25, 0.3) is 21.9 Å². The fraction of sp³-hybridized carbons (Fsp3) is 0.167. The molecule has 3 heteroatoms. The van der Waals surface area contributed by atoms with Gasteiger partial charge in [0.25, 0.3) is 0 Å². The van der Waals surface area contributed by atoms with Gasteiger partial charge in [0, 0.05) is 16.8 Å². The molecular formula is C24H22N2O. The molecule has 1 aliphatic rings. The Hall–Kier alpha value is -2.94. The van der Waals surface area contributed by atoms with Gasteiger partial charge in [-0.15, -0.1) is 0 Å².